The summed E-state index contributed by atoms with van der Waals surface area (Å²) in [7, 11) is 0. The van der Waals surface area contributed by atoms with Crippen LogP contribution in [0.25, 0.3) is 0 Å². The van der Waals surface area contributed by atoms with E-state index in [-0.39, 0.29) is 16.8 Å². The van der Waals surface area contributed by atoms with E-state index in [1.165, 1.54) is 0 Å². The van der Waals surface area contributed by atoms with Crippen molar-refractivity contribution in [3.05, 3.63) is 36.0 Å². The van der Waals surface area contributed by atoms with Gasteiger partial charge in [0.05, 0.1) is 5.97 Å². The molecule has 100 valence electrons. The van der Waals surface area contributed by atoms with Gasteiger partial charge in [0, 0.05) is 17.2 Å². The summed E-state index contributed by atoms with van der Waals surface area (Å²) in [6.45, 7) is 0. The average molecular weight is 281 g/mol. The lowest BCUT2D eigenvalue weighted by Crippen LogP contribution is -2.26. The fourth-order valence-electron chi connectivity index (χ4n) is 1.19. The molecule has 0 bridgehead atoms. The fourth-order valence-corrected chi connectivity index (χ4v) is 1.75. The Balaban J connectivity index is 0.00000180. The van der Waals surface area contributed by atoms with Crippen LogP contribution in [0.15, 0.2) is 30.3 Å². The summed E-state index contributed by atoms with van der Waals surface area (Å²) in [5, 5.41) is 18.9. The Morgan fingerprint density at radius 3 is 2.47 bits per heavy atom. The minimum Gasteiger partial charge on any atom is -0.543 e. The molecule has 2 aromatic rings. The topological polar surface area (TPSA) is 144 Å². The van der Waals surface area contributed by atoms with Crippen LogP contribution in [0.4, 0.5) is 15.5 Å². The molecule has 9 heteroatoms. The molecule has 0 aliphatic carbocycles. The third-order valence-electron chi connectivity index (χ3n) is 1.94. The van der Waals surface area contributed by atoms with E-state index in [9.17, 15) is 14.7 Å². The van der Waals surface area contributed by atoms with Gasteiger partial charge in [-0.1, -0.05) is 22.7 Å². The van der Waals surface area contributed by atoms with Gasteiger partial charge in [-0.05, 0) is 12.1 Å². The molecule has 0 radical (unpaired) electrons. The molecule has 0 aliphatic heterocycles. The molecule has 2 amide bonds. The van der Waals surface area contributed by atoms with Crippen LogP contribution in [-0.2, 0) is 0 Å². The Morgan fingerprint density at radius 2 is 1.84 bits per heavy atom. The van der Waals surface area contributed by atoms with E-state index in [2.05, 4.69) is 20.2 Å². The number of hydrogen-bond donors (Lipinski definition) is 3. The van der Waals surface area contributed by atoms with Crippen molar-refractivity contribution in [2.45, 2.75) is 0 Å². The predicted molar refractivity (Wildman–Crippen MR) is 69.3 cm³/mol. The standard InChI is InChI=1S/C10H8N4O3S.H3N/c15-9(16)7-8(18-14-13-7)12-10(17)11-6-4-2-1-3-5-6;/h1-5H,(H,15,16)(H2,11,12,17);1H3. The van der Waals surface area contributed by atoms with E-state index in [1.54, 1.807) is 24.3 Å². The molecule has 19 heavy (non-hydrogen) atoms. The third kappa shape index (κ3) is 3.72. The maximum Gasteiger partial charge on any atom is 0.324 e. The predicted octanol–water partition coefficient (Wildman–Crippen LogP) is 0.922. The molecule has 0 spiro atoms. The first kappa shape index (κ1) is 14.5. The van der Waals surface area contributed by atoms with Crippen LogP contribution in [0.5, 0.6) is 0 Å². The van der Waals surface area contributed by atoms with Gasteiger partial charge in [0.2, 0.25) is 0 Å². The molecular formula is C10H11N5O3S. The lowest BCUT2D eigenvalue weighted by Gasteiger charge is -2.06. The van der Waals surface area contributed by atoms with Crippen molar-refractivity contribution in [2.24, 2.45) is 0 Å². The van der Waals surface area contributed by atoms with Gasteiger partial charge >= 0.3 is 6.03 Å². The van der Waals surface area contributed by atoms with Gasteiger partial charge in [0.15, 0.2) is 0 Å². The van der Waals surface area contributed by atoms with Crippen LogP contribution < -0.4 is 21.9 Å². The minimum atomic E-state index is -1.49. The number of nitrogens with zero attached hydrogens (tertiary/aromatic N) is 2. The Kier molecular flexibility index (Phi) is 4.92. The van der Waals surface area contributed by atoms with Crippen LogP contribution in [-0.4, -0.2) is 21.6 Å². The quantitative estimate of drug-likeness (QED) is 0.766. The number of quaternary nitrogens is 1. The lowest BCUT2D eigenvalue weighted by atomic mass is 10.3. The summed E-state index contributed by atoms with van der Waals surface area (Å²) in [6, 6.07) is 8.15. The van der Waals surface area contributed by atoms with Crippen molar-refractivity contribution in [3.63, 3.8) is 0 Å². The summed E-state index contributed by atoms with van der Waals surface area (Å²) in [5.74, 6) is -1.49. The highest BCUT2D eigenvalue weighted by atomic mass is 32.1. The van der Waals surface area contributed by atoms with E-state index in [1.807, 2.05) is 6.07 Å². The van der Waals surface area contributed by atoms with Crippen molar-refractivity contribution in [1.82, 2.24) is 15.7 Å². The molecule has 0 saturated heterocycles. The summed E-state index contributed by atoms with van der Waals surface area (Å²) in [6.07, 6.45) is 0. The number of urea groups is 1. The largest absolute Gasteiger partial charge is 0.543 e. The molecule has 0 unspecified atom stereocenters. The van der Waals surface area contributed by atoms with Crippen LogP contribution in [0.2, 0.25) is 0 Å². The number of rotatable bonds is 3. The second kappa shape index (κ2) is 6.42. The van der Waals surface area contributed by atoms with Gasteiger partial charge in [-0.3, -0.25) is 5.32 Å². The Hall–Kier alpha value is -2.52. The highest BCUT2D eigenvalue weighted by Gasteiger charge is 2.11. The number of anilines is 2. The summed E-state index contributed by atoms with van der Waals surface area (Å²) < 4.78 is 3.43. The van der Waals surface area contributed by atoms with E-state index in [0.717, 1.165) is 11.5 Å². The van der Waals surface area contributed by atoms with E-state index >= 15 is 0 Å². The zero-order valence-electron chi connectivity index (χ0n) is 9.91. The molecular weight excluding hydrogens is 270 g/mol. The van der Waals surface area contributed by atoms with Crippen molar-refractivity contribution in [2.75, 3.05) is 10.6 Å². The molecule has 2 rings (SSSR count). The number of aromatic nitrogens is 2. The van der Waals surface area contributed by atoms with Gasteiger partial charge in [-0.2, -0.15) is 0 Å². The second-order valence-electron chi connectivity index (χ2n) is 3.18. The maximum atomic E-state index is 11.6. The summed E-state index contributed by atoms with van der Waals surface area (Å²) in [4.78, 5) is 22.2. The van der Waals surface area contributed by atoms with Gasteiger partial charge in [-0.15, -0.1) is 5.10 Å². The molecule has 6 N–H and O–H groups in total. The van der Waals surface area contributed by atoms with Crippen molar-refractivity contribution < 1.29 is 14.7 Å². The number of para-hydroxylation sites is 1. The van der Waals surface area contributed by atoms with E-state index in [0.29, 0.717) is 5.69 Å². The number of aromatic carboxylic acids is 1. The van der Waals surface area contributed by atoms with Gasteiger partial charge in [-0.25, -0.2) is 4.79 Å². The number of amides is 2. The number of carbonyl (C=O) groups excluding carboxylic acids is 2. The van der Waals surface area contributed by atoms with Crippen LogP contribution >= 0.6 is 11.5 Å². The van der Waals surface area contributed by atoms with Crippen LogP contribution in [0, 0.1) is 0 Å². The number of benzene rings is 1. The zero-order chi connectivity index (χ0) is 13.0. The summed E-state index contributed by atoms with van der Waals surface area (Å²) >= 11 is 0.763. The van der Waals surface area contributed by atoms with Crippen molar-refractivity contribution in [3.8, 4) is 0 Å². The van der Waals surface area contributed by atoms with Gasteiger partial charge < -0.3 is 21.4 Å². The zero-order valence-corrected chi connectivity index (χ0v) is 10.7. The summed E-state index contributed by atoms with van der Waals surface area (Å²) in [5.41, 5.74) is 0.200. The molecule has 8 nitrogen and oxygen atoms in total. The molecule has 0 aliphatic rings. The fraction of sp³-hybridized carbons (Fsp3) is 0. The highest BCUT2D eigenvalue weighted by molar-refractivity contribution is 7.10. The Morgan fingerprint density at radius 1 is 1.16 bits per heavy atom. The Labute approximate surface area is 112 Å². The van der Waals surface area contributed by atoms with E-state index < -0.39 is 12.0 Å². The van der Waals surface area contributed by atoms with Gasteiger partial charge in [0.1, 0.15) is 10.7 Å². The Bertz CT molecular complexity index is 572. The van der Waals surface area contributed by atoms with E-state index in [4.69, 9.17) is 0 Å². The molecule has 0 atom stereocenters. The van der Waals surface area contributed by atoms with Crippen molar-refractivity contribution >= 4 is 34.2 Å². The first-order valence-corrected chi connectivity index (χ1v) is 5.61. The van der Waals surface area contributed by atoms with Crippen molar-refractivity contribution in [1.29, 1.82) is 0 Å². The second-order valence-corrected chi connectivity index (χ2v) is 3.94. The van der Waals surface area contributed by atoms with Crippen LogP contribution in [0.1, 0.15) is 10.5 Å². The maximum absolute atomic E-state index is 11.6. The molecule has 1 heterocycles. The highest BCUT2D eigenvalue weighted by Crippen LogP contribution is 2.17. The lowest BCUT2D eigenvalue weighted by molar-refractivity contribution is -0.255. The first-order chi connectivity index (χ1) is 8.66. The number of carboxylic acids is 1. The molecule has 0 saturated carbocycles. The monoisotopic (exact) mass is 281 g/mol. The average Bonchev–Trinajstić information content (AvgIpc) is 2.78. The van der Waals surface area contributed by atoms with Crippen LogP contribution in [0.3, 0.4) is 0 Å². The number of carboxylic acid groups (broad SMARTS) is 1. The normalized spacial score (nSPS) is 9.26. The number of carbonyl (C=O) groups is 2. The SMILES string of the molecule is O=C(Nc1ccccc1)Nc1snnc1C(=O)[O-].[NH4+]. The first-order valence-electron chi connectivity index (χ1n) is 4.83. The molecule has 1 aromatic carbocycles. The van der Waals surface area contributed by atoms with Gasteiger partial charge in [0.25, 0.3) is 0 Å². The minimum absolute atomic E-state index is 0. The molecule has 1 aromatic heterocycles. The molecule has 0 fully saturated rings. The number of nitrogens with one attached hydrogen (secondary N) is 2. The smallest absolute Gasteiger partial charge is 0.324 e. The third-order valence-corrected chi connectivity index (χ3v) is 2.58. The number of hydrogen-bond acceptors (Lipinski definition) is 6.